The Labute approximate surface area is 121 Å². The molecule has 1 aromatic carbocycles. The standard InChI is InChI=1S/C16H25NO3/c1-4-11(2)12(3)17-10-14(18)13-5-6-15-16(9-13)20-8-7-19-15/h5-6,9,11-12,14,17-18H,4,7-8,10H2,1-3H3. The second-order valence-corrected chi connectivity index (χ2v) is 5.50. The summed E-state index contributed by atoms with van der Waals surface area (Å²) in [5.74, 6) is 2.08. The van der Waals surface area contributed by atoms with E-state index < -0.39 is 6.10 Å². The first kappa shape index (κ1) is 15.1. The molecule has 2 N–H and O–H groups in total. The zero-order valence-electron chi connectivity index (χ0n) is 12.6. The average Bonchev–Trinajstić information content (AvgIpc) is 2.50. The fourth-order valence-corrected chi connectivity index (χ4v) is 2.24. The highest BCUT2D eigenvalue weighted by Gasteiger charge is 2.17. The predicted octanol–water partition coefficient (Wildman–Crippen LogP) is 2.52. The van der Waals surface area contributed by atoms with Crippen molar-refractivity contribution < 1.29 is 14.6 Å². The van der Waals surface area contributed by atoms with Crippen LogP contribution in [0.1, 0.15) is 38.9 Å². The lowest BCUT2D eigenvalue weighted by Crippen LogP contribution is -2.35. The topological polar surface area (TPSA) is 50.7 Å². The van der Waals surface area contributed by atoms with Crippen LogP contribution in [-0.2, 0) is 0 Å². The van der Waals surface area contributed by atoms with Gasteiger partial charge in [-0.25, -0.2) is 0 Å². The minimum absolute atomic E-state index is 0.395. The quantitative estimate of drug-likeness (QED) is 0.840. The zero-order chi connectivity index (χ0) is 14.5. The lowest BCUT2D eigenvalue weighted by molar-refractivity contribution is 0.159. The summed E-state index contributed by atoms with van der Waals surface area (Å²) < 4.78 is 11.0. The second kappa shape index (κ2) is 6.95. The van der Waals surface area contributed by atoms with Crippen molar-refractivity contribution in [2.24, 2.45) is 5.92 Å². The molecule has 3 unspecified atom stereocenters. The van der Waals surface area contributed by atoms with Gasteiger partial charge in [0.05, 0.1) is 6.10 Å². The predicted molar refractivity (Wildman–Crippen MR) is 79.3 cm³/mol. The number of hydrogen-bond donors (Lipinski definition) is 2. The van der Waals surface area contributed by atoms with Crippen molar-refractivity contribution in [2.75, 3.05) is 19.8 Å². The van der Waals surface area contributed by atoms with Crippen molar-refractivity contribution in [1.82, 2.24) is 5.32 Å². The molecule has 0 aromatic heterocycles. The summed E-state index contributed by atoms with van der Waals surface area (Å²) in [5.41, 5.74) is 0.859. The summed E-state index contributed by atoms with van der Waals surface area (Å²) >= 11 is 0. The summed E-state index contributed by atoms with van der Waals surface area (Å²) in [6, 6.07) is 6.03. The summed E-state index contributed by atoms with van der Waals surface area (Å²) in [6.45, 7) is 8.25. The zero-order valence-corrected chi connectivity index (χ0v) is 12.6. The molecule has 0 spiro atoms. The van der Waals surface area contributed by atoms with Crippen LogP contribution in [0.2, 0.25) is 0 Å². The van der Waals surface area contributed by atoms with Gasteiger partial charge in [0.2, 0.25) is 0 Å². The minimum atomic E-state index is -0.530. The molecule has 1 heterocycles. The Balaban J connectivity index is 1.94. The monoisotopic (exact) mass is 279 g/mol. The molecule has 112 valence electrons. The van der Waals surface area contributed by atoms with Gasteiger partial charge in [-0.3, -0.25) is 0 Å². The molecule has 1 aromatic rings. The largest absolute Gasteiger partial charge is 0.486 e. The molecule has 2 rings (SSSR count). The van der Waals surface area contributed by atoms with Gasteiger partial charge in [-0.2, -0.15) is 0 Å². The van der Waals surface area contributed by atoms with Gasteiger partial charge in [-0.1, -0.05) is 26.3 Å². The van der Waals surface area contributed by atoms with Gasteiger partial charge in [0, 0.05) is 12.6 Å². The molecule has 0 amide bonds. The van der Waals surface area contributed by atoms with Crippen molar-refractivity contribution in [3.05, 3.63) is 23.8 Å². The molecule has 0 saturated carbocycles. The number of ether oxygens (including phenoxy) is 2. The third kappa shape index (κ3) is 3.64. The van der Waals surface area contributed by atoms with E-state index in [9.17, 15) is 5.11 Å². The molecular weight excluding hydrogens is 254 g/mol. The van der Waals surface area contributed by atoms with Crippen LogP contribution in [0.25, 0.3) is 0 Å². The number of hydrogen-bond acceptors (Lipinski definition) is 4. The van der Waals surface area contributed by atoms with E-state index in [4.69, 9.17) is 9.47 Å². The van der Waals surface area contributed by atoms with Gasteiger partial charge in [0.25, 0.3) is 0 Å². The van der Waals surface area contributed by atoms with E-state index in [0.29, 0.717) is 31.7 Å². The molecular formula is C16H25NO3. The number of rotatable bonds is 6. The first-order valence-corrected chi connectivity index (χ1v) is 7.42. The molecule has 0 saturated heterocycles. The van der Waals surface area contributed by atoms with Crippen molar-refractivity contribution in [3.63, 3.8) is 0 Å². The van der Waals surface area contributed by atoms with E-state index in [0.717, 1.165) is 23.5 Å². The van der Waals surface area contributed by atoms with Gasteiger partial charge in [-0.05, 0) is 30.5 Å². The van der Waals surface area contributed by atoms with Crippen LogP contribution in [0, 0.1) is 5.92 Å². The molecule has 0 aliphatic carbocycles. The molecule has 0 radical (unpaired) electrons. The van der Waals surface area contributed by atoms with Crippen molar-refractivity contribution in [1.29, 1.82) is 0 Å². The molecule has 0 fully saturated rings. The fraction of sp³-hybridized carbons (Fsp3) is 0.625. The first-order chi connectivity index (χ1) is 9.61. The fourth-order valence-electron chi connectivity index (χ4n) is 2.24. The molecule has 4 nitrogen and oxygen atoms in total. The Hall–Kier alpha value is -1.26. The summed E-state index contributed by atoms with van der Waals surface area (Å²) in [7, 11) is 0. The van der Waals surface area contributed by atoms with Crippen LogP contribution in [-0.4, -0.2) is 30.9 Å². The summed E-state index contributed by atoms with van der Waals surface area (Å²) in [4.78, 5) is 0. The molecule has 1 aliphatic heterocycles. The van der Waals surface area contributed by atoms with Crippen molar-refractivity contribution in [2.45, 2.75) is 39.3 Å². The number of aliphatic hydroxyl groups excluding tert-OH is 1. The lowest BCUT2D eigenvalue weighted by Gasteiger charge is -2.23. The second-order valence-electron chi connectivity index (χ2n) is 5.50. The van der Waals surface area contributed by atoms with E-state index in [2.05, 4.69) is 26.1 Å². The molecule has 4 heteroatoms. The highest BCUT2D eigenvalue weighted by atomic mass is 16.6. The van der Waals surface area contributed by atoms with E-state index in [-0.39, 0.29) is 0 Å². The van der Waals surface area contributed by atoms with Crippen LogP contribution in [0.15, 0.2) is 18.2 Å². The number of benzene rings is 1. The maximum atomic E-state index is 10.3. The summed E-state index contributed by atoms with van der Waals surface area (Å²) in [6.07, 6.45) is 0.603. The first-order valence-electron chi connectivity index (χ1n) is 7.42. The molecule has 1 aliphatic rings. The molecule has 3 atom stereocenters. The minimum Gasteiger partial charge on any atom is -0.486 e. The number of fused-ring (bicyclic) bond motifs is 1. The van der Waals surface area contributed by atoms with Gasteiger partial charge >= 0.3 is 0 Å². The van der Waals surface area contributed by atoms with E-state index >= 15 is 0 Å². The lowest BCUT2D eigenvalue weighted by atomic mass is 10.0. The number of nitrogens with one attached hydrogen (secondary N) is 1. The highest BCUT2D eigenvalue weighted by molar-refractivity contribution is 5.44. The van der Waals surface area contributed by atoms with E-state index in [1.54, 1.807) is 0 Å². The van der Waals surface area contributed by atoms with Crippen LogP contribution in [0.4, 0.5) is 0 Å². The average molecular weight is 279 g/mol. The molecule has 20 heavy (non-hydrogen) atoms. The third-order valence-electron chi connectivity index (χ3n) is 4.08. The maximum Gasteiger partial charge on any atom is 0.161 e. The smallest absolute Gasteiger partial charge is 0.161 e. The maximum absolute atomic E-state index is 10.3. The Kier molecular flexibility index (Phi) is 5.26. The van der Waals surface area contributed by atoms with Crippen LogP contribution in [0.3, 0.4) is 0 Å². The summed E-state index contributed by atoms with van der Waals surface area (Å²) in [5, 5.41) is 13.7. The Morgan fingerprint density at radius 2 is 1.90 bits per heavy atom. The highest BCUT2D eigenvalue weighted by Crippen LogP contribution is 2.32. The normalized spacial score (nSPS) is 18.4. The van der Waals surface area contributed by atoms with Gasteiger partial charge in [-0.15, -0.1) is 0 Å². The van der Waals surface area contributed by atoms with Gasteiger partial charge in [0.15, 0.2) is 11.5 Å². The Morgan fingerprint density at radius 1 is 1.20 bits per heavy atom. The van der Waals surface area contributed by atoms with Gasteiger partial charge < -0.3 is 19.9 Å². The van der Waals surface area contributed by atoms with Crippen LogP contribution in [0.5, 0.6) is 11.5 Å². The van der Waals surface area contributed by atoms with Gasteiger partial charge in [0.1, 0.15) is 13.2 Å². The number of aliphatic hydroxyl groups is 1. The molecule has 0 bridgehead atoms. The van der Waals surface area contributed by atoms with E-state index in [1.807, 2.05) is 18.2 Å². The Morgan fingerprint density at radius 3 is 2.60 bits per heavy atom. The van der Waals surface area contributed by atoms with Crippen molar-refractivity contribution >= 4 is 0 Å². The SMILES string of the molecule is CCC(C)C(C)NCC(O)c1ccc2c(c1)OCCO2. The third-order valence-corrected chi connectivity index (χ3v) is 4.08. The van der Waals surface area contributed by atoms with Crippen molar-refractivity contribution in [3.8, 4) is 11.5 Å². The Bertz CT molecular complexity index is 436. The van der Waals surface area contributed by atoms with Crippen LogP contribution < -0.4 is 14.8 Å². The van der Waals surface area contributed by atoms with E-state index in [1.165, 1.54) is 0 Å². The van der Waals surface area contributed by atoms with Crippen LogP contribution >= 0.6 is 0 Å².